The molecule has 1 saturated carbocycles. The van der Waals surface area contributed by atoms with Gasteiger partial charge in [0.1, 0.15) is 15.4 Å². The molecule has 1 aliphatic carbocycles. The van der Waals surface area contributed by atoms with Crippen molar-refractivity contribution in [2.75, 3.05) is 0 Å². The predicted molar refractivity (Wildman–Crippen MR) is 89.1 cm³/mol. The van der Waals surface area contributed by atoms with Gasteiger partial charge in [-0.1, -0.05) is 23.2 Å². The smallest absolute Gasteiger partial charge is 0.263 e. The number of fused-ring (bicyclic) bond motifs is 1. The monoisotopic (exact) mass is 360 g/mol. The van der Waals surface area contributed by atoms with Gasteiger partial charge in [-0.25, -0.2) is 9.37 Å². The van der Waals surface area contributed by atoms with Gasteiger partial charge in [-0.05, 0) is 26.3 Å². The van der Waals surface area contributed by atoms with Crippen LogP contribution in [0.25, 0.3) is 10.2 Å². The van der Waals surface area contributed by atoms with Crippen molar-refractivity contribution in [3.05, 3.63) is 26.2 Å². The molecule has 3 nitrogen and oxygen atoms in total. The molecule has 0 saturated heterocycles. The van der Waals surface area contributed by atoms with Crippen molar-refractivity contribution >= 4 is 50.7 Å². The molecule has 0 spiro atoms. The van der Waals surface area contributed by atoms with Crippen molar-refractivity contribution < 1.29 is 9.18 Å². The highest BCUT2D eigenvalue weighted by Gasteiger charge is 2.41. The fourth-order valence-corrected chi connectivity index (χ4v) is 4.55. The van der Waals surface area contributed by atoms with E-state index in [4.69, 9.17) is 23.2 Å². The fraction of sp³-hybridized carbons (Fsp3) is 0.467. The summed E-state index contributed by atoms with van der Waals surface area (Å²) in [7, 11) is 0. The van der Waals surface area contributed by atoms with Crippen LogP contribution in [0.5, 0.6) is 0 Å². The second-order valence-corrected chi connectivity index (χ2v) is 7.81. The highest BCUT2D eigenvalue weighted by atomic mass is 35.5. The highest BCUT2D eigenvalue weighted by molar-refractivity contribution is 7.21. The lowest BCUT2D eigenvalue weighted by atomic mass is 9.79. The first-order valence-corrected chi connectivity index (χ1v) is 8.51. The Balaban J connectivity index is 1.93. The third-order valence-corrected chi connectivity index (χ3v) is 6.14. The molecule has 22 heavy (non-hydrogen) atoms. The molecular formula is C15H15Cl2FN2OS. The highest BCUT2D eigenvalue weighted by Crippen LogP contribution is 2.40. The molecule has 7 heteroatoms. The number of hydrogen-bond donors (Lipinski definition) is 1. The lowest BCUT2D eigenvalue weighted by molar-refractivity contribution is 0.0447. The van der Waals surface area contributed by atoms with Crippen LogP contribution in [0.4, 0.5) is 4.39 Å². The average Bonchev–Trinajstić information content (AvgIpc) is 2.71. The summed E-state index contributed by atoms with van der Waals surface area (Å²) in [6.07, 6.45) is 0.674. The Kier molecular flexibility index (Phi) is 3.86. The molecule has 0 bridgehead atoms. The molecule has 3 rings (SSSR count). The fourth-order valence-electron chi connectivity index (χ4n) is 2.85. The summed E-state index contributed by atoms with van der Waals surface area (Å²) in [5.41, 5.74) is 0.359. The van der Waals surface area contributed by atoms with Gasteiger partial charge in [-0.3, -0.25) is 4.79 Å². The maximum absolute atomic E-state index is 13.5. The Morgan fingerprint density at radius 2 is 2.00 bits per heavy atom. The van der Waals surface area contributed by atoms with Crippen molar-refractivity contribution in [1.82, 2.24) is 10.3 Å². The second kappa shape index (κ2) is 5.32. The SMILES string of the molecule is Cc1nc2sc(C(=O)NC3CC(C)(F)C3)c(Cl)c2c(C)c1Cl. The molecule has 1 fully saturated rings. The van der Waals surface area contributed by atoms with E-state index in [0.717, 1.165) is 10.9 Å². The first-order chi connectivity index (χ1) is 10.2. The zero-order valence-electron chi connectivity index (χ0n) is 12.4. The normalized spacial score (nSPS) is 24.4. The van der Waals surface area contributed by atoms with Gasteiger partial charge in [-0.15, -0.1) is 11.3 Å². The molecule has 0 unspecified atom stereocenters. The number of hydrogen-bond acceptors (Lipinski definition) is 3. The zero-order valence-corrected chi connectivity index (χ0v) is 14.7. The predicted octanol–water partition coefficient (Wildman–Crippen LogP) is 4.84. The maximum Gasteiger partial charge on any atom is 0.263 e. The Bertz CT molecular complexity index is 780. The van der Waals surface area contributed by atoms with E-state index in [-0.39, 0.29) is 11.9 Å². The summed E-state index contributed by atoms with van der Waals surface area (Å²) in [4.78, 5) is 17.9. The van der Waals surface area contributed by atoms with E-state index in [0.29, 0.717) is 38.3 Å². The molecule has 2 aromatic rings. The number of nitrogens with one attached hydrogen (secondary N) is 1. The van der Waals surface area contributed by atoms with Crippen LogP contribution in [0, 0.1) is 13.8 Å². The summed E-state index contributed by atoms with van der Waals surface area (Å²) in [5.74, 6) is -0.276. The molecule has 1 N–H and O–H groups in total. The molecule has 118 valence electrons. The number of rotatable bonds is 2. The lowest BCUT2D eigenvalue weighted by Crippen LogP contribution is -2.51. The molecule has 2 heterocycles. The quantitative estimate of drug-likeness (QED) is 0.832. The molecular weight excluding hydrogens is 346 g/mol. The van der Waals surface area contributed by atoms with E-state index in [1.807, 2.05) is 13.8 Å². The van der Waals surface area contributed by atoms with Crippen LogP contribution in [-0.2, 0) is 0 Å². The summed E-state index contributed by atoms with van der Waals surface area (Å²) in [5, 5.41) is 4.47. The van der Waals surface area contributed by atoms with E-state index in [9.17, 15) is 9.18 Å². The van der Waals surface area contributed by atoms with Crippen LogP contribution >= 0.6 is 34.5 Å². The van der Waals surface area contributed by atoms with Crippen molar-refractivity contribution in [3.63, 3.8) is 0 Å². The number of alkyl halides is 1. The molecule has 2 aromatic heterocycles. The van der Waals surface area contributed by atoms with Crippen molar-refractivity contribution in [2.24, 2.45) is 0 Å². The van der Waals surface area contributed by atoms with Gasteiger partial charge in [0, 0.05) is 24.3 Å². The molecule has 0 radical (unpaired) electrons. The Labute approximate surface area is 141 Å². The molecule has 1 aliphatic rings. The van der Waals surface area contributed by atoms with E-state index in [1.54, 1.807) is 6.92 Å². The number of pyridine rings is 1. The Hall–Kier alpha value is -0.910. The van der Waals surface area contributed by atoms with Gasteiger partial charge in [-0.2, -0.15) is 0 Å². The zero-order chi connectivity index (χ0) is 16.2. The summed E-state index contributed by atoms with van der Waals surface area (Å²) < 4.78 is 13.5. The van der Waals surface area contributed by atoms with Gasteiger partial charge >= 0.3 is 0 Å². The molecule has 0 aliphatic heterocycles. The van der Waals surface area contributed by atoms with Crippen LogP contribution in [0.1, 0.15) is 40.7 Å². The van der Waals surface area contributed by atoms with Crippen LogP contribution in [0.3, 0.4) is 0 Å². The van der Waals surface area contributed by atoms with Gasteiger partial charge in [0.2, 0.25) is 0 Å². The van der Waals surface area contributed by atoms with E-state index in [1.165, 1.54) is 11.3 Å². The number of nitrogens with zero attached hydrogens (tertiary/aromatic N) is 1. The van der Waals surface area contributed by atoms with Crippen LogP contribution in [-0.4, -0.2) is 22.6 Å². The van der Waals surface area contributed by atoms with Crippen LogP contribution < -0.4 is 5.32 Å². The maximum atomic E-state index is 13.5. The molecule has 1 amide bonds. The van der Waals surface area contributed by atoms with Gasteiger partial charge in [0.25, 0.3) is 5.91 Å². The second-order valence-electron chi connectivity index (χ2n) is 6.05. The third-order valence-electron chi connectivity index (χ3n) is 4.01. The number of carbonyl (C=O) groups excluding carboxylic acids is 1. The minimum atomic E-state index is -1.18. The van der Waals surface area contributed by atoms with E-state index in [2.05, 4.69) is 10.3 Å². The van der Waals surface area contributed by atoms with Crippen molar-refractivity contribution in [1.29, 1.82) is 0 Å². The van der Waals surface area contributed by atoms with Gasteiger partial charge in [0.05, 0.1) is 15.7 Å². The number of carbonyl (C=O) groups is 1. The number of amides is 1. The van der Waals surface area contributed by atoms with Crippen molar-refractivity contribution in [3.8, 4) is 0 Å². The number of halogens is 3. The largest absolute Gasteiger partial charge is 0.348 e. The van der Waals surface area contributed by atoms with E-state index < -0.39 is 5.67 Å². The first kappa shape index (κ1) is 16.0. The topological polar surface area (TPSA) is 42.0 Å². The van der Waals surface area contributed by atoms with E-state index >= 15 is 0 Å². The van der Waals surface area contributed by atoms with Crippen molar-refractivity contribution in [2.45, 2.75) is 45.3 Å². The number of thiophene rings is 1. The Morgan fingerprint density at radius 3 is 2.59 bits per heavy atom. The average molecular weight is 361 g/mol. The summed E-state index contributed by atoms with van der Waals surface area (Å²) in [6, 6.07) is -0.136. The molecule has 0 aromatic carbocycles. The first-order valence-electron chi connectivity index (χ1n) is 6.94. The Morgan fingerprint density at radius 1 is 1.36 bits per heavy atom. The summed E-state index contributed by atoms with van der Waals surface area (Å²) in [6.45, 7) is 5.22. The van der Waals surface area contributed by atoms with Gasteiger partial charge in [0.15, 0.2) is 0 Å². The van der Waals surface area contributed by atoms with Crippen LogP contribution in [0.2, 0.25) is 10.0 Å². The lowest BCUT2D eigenvalue weighted by Gasteiger charge is -2.38. The third kappa shape index (κ3) is 2.59. The standard InChI is InChI=1S/C15H15Cl2FN2OS/c1-6-9-11(17)12(22-14(9)19-7(2)10(6)16)13(21)20-8-4-15(3,18)5-8/h8H,4-5H2,1-3H3,(H,20,21). The minimum Gasteiger partial charge on any atom is -0.348 e. The minimum absolute atomic E-state index is 0.136. The molecule has 0 atom stereocenters. The number of aromatic nitrogens is 1. The van der Waals surface area contributed by atoms with Gasteiger partial charge < -0.3 is 5.32 Å². The summed E-state index contributed by atoms with van der Waals surface area (Å²) >= 11 is 13.8. The van der Waals surface area contributed by atoms with Crippen LogP contribution in [0.15, 0.2) is 0 Å². The number of aryl methyl sites for hydroxylation is 2.